The summed E-state index contributed by atoms with van der Waals surface area (Å²) in [6.07, 6.45) is 3.92. The Bertz CT molecular complexity index is 375. The number of aliphatic hydroxyl groups is 1. The van der Waals surface area contributed by atoms with Crippen LogP contribution in [0.5, 0.6) is 0 Å². The lowest BCUT2D eigenvalue weighted by Gasteiger charge is -2.23. The second kappa shape index (κ2) is 4.82. The van der Waals surface area contributed by atoms with E-state index in [1.165, 1.54) is 0 Å². The molecule has 1 aliphatic rings. The van der Waals surface area contributed by atoms with Crippen LogP contribution >= 0.6 is 23.2 Å². The lowest BCUT2D eigenvalue weighted by Crippen LogP contribution is -2.33. The first-order valence-corrected chi connectivity index (χ1v) is 6.27. The third-order valence-corrected chi connectivity index (χ3v) is 3.91. The van der Waals surface area contributed by atoms with Crippen molar-refractivity contribution in [3.8, 4) is 0 Å². The third kappa shape index (κ3) is 2.62. The first-order chi connectivity index (χ1) is 7.61. The van der Waals surface area contributed by atoms with E-state index in [0.717, 1.165) is 31.4 Å². The molecule has 1 fully saturated rings. The number of anilines is 1. The van der Waals surface area contributed by atoms with Crippen LogP contribution in [0.4, 0.5) is 5.69 Å². The Morgan fingerprint density at radius 1 is 1.25 bits per heavy atom. The summed E-state index contributed by atoms with van der Waals surface area (Å²) in [5.41, 5.74) is 0.209. The number of nitrogens with one attached hydrogen (secondary N) is 1. The van der Waals surface area contributed by atoms with E-state index >= 15 is 0 Å². The fourth-order valence-electron chi connectivity index (χ4n) is 2.11. The molecule has 0 atom stereocenters. The standard InChI is InChI=1S/C12H15Cl2NO/c13-9-4-3-5-10(11(9)14)15-8-12(16)6-1-2-7-12/h3-5,15-16H,1-2,6-8H2. The monoisotopic (exact) mass is 259 g/mol. The summed E-state index contributed by atoms with van der Waals surface area (Å²) in [5.74, 6) is 0. The minimum Gasteiger partial charge on any atom is -0.388 e. The van der Waals surface area contributed by atoms with Crippen LogP contribution in [0.15, 0.2) is 18.2 Å². The van der Waals surface area contributed by atoms with Crippen LogP contribution in [0.25, 0.3) is 0 Å². The van der Waals surface area contributed by atoms with Gasteiger partial charge in [-0.15, -0.1) is 0 Å². The molecular formula is C12H15Cl2NO. The second-order valence-corrected chi connectivity index (χ2v) is 5.17. The Hall–Kier alpha value is -0.440. The van der Waals surface area contributed by atoms with Crippen molar-refractivity contribution in [1.29, 1.82) is 0 Å². The first kappa shape index (κ1) is 12.0. The zero-order valence-corrected chi connectivity index (χ0v) is 10.5. The Kier molecular flexibility index (Phi) is 3.63. The smallest absolute Gasteiger partial charge is 0.0823 e. The molecule has 0 spiro atoms. The maximum atomic E-state index is 10.2. The molecule has 1 aromatic carbocycles. The summed E-state index contributed by atoms with van der Waals surface area (Å²) in [4.78, 5) is 0. The molecule has 0 saturated heterocycles. The van der Waals surface area contributed by atoms with Gasteiger partial charge in [0.05, 0.1) is 21.3 Å². The SMILES string of the molecule is OC1(CNc2cccc(Cl)c2Cl)CCCC1. The van der Waals surface area contributed by atoms with E-state index in [1.807, 2.05) is 12.1 Å². The van der Waals surface area contributed by atoms with Crippen molar-refractivity contribution in [1.82, 2.24) is 0 Å². The molecule has 2 N–H and O–H groups in total. The lowest BCUT2D eigenvalue weighted by atomic mass is 10.0. The van der Waals surface area contributed by atoms with Crippen LogP contribution in [0, 0.1) is 0 Å². The van der Waals surface area contributed by atoms with Crippen LogP contribution in [0.1, 0.15) is 25.7 Å². The molecule has 2 rings (SSSR count). The molecule has 0 aliphatic heterocycles. The largest absolute Gasteiger partial charge is 0.388 e. The molecule has 2 nitrogen and oxygen atoms in total. The van der Waals surface area contributed by atoms with Gasteiger partial charge >= 0.3 is 0 Å². The van der Waals surface area contributed by atoms with Crippen molar-refractivity contribution < 1.29 is 5.11 Å². The third-order valence-electron chi connectivity index (χ3n) is 3.09. The Labute approximate surface area is 106 Å². The summed E-state index contributed by atoms with van der Waals surface area (Å²) in [7, 11) is 0. The number of halogens is 2. The molecule has 0 heterocycles. The molecule has 0 aromatic heterocycles. The van der Waals surface area contributed by atoms with Crippen molar-refractivity contribution >= 4 is 28.9 Å². The molecule has 1 aliphatic carbocycles. The average molecular weight is 260 g/mol. The van der Waals surface area contributed by atoms with Gasteiger partial charge < -0.3 is 10.4 Å². The van der Waals surface area contributed by atoms with Gasteiger partial charge in [0.1, 0.15) is 0 Å². The van der Waals surface area contributed by atoms with E-state index in [0.29, 0.717) is 16.6 Å². The van der Waals surface area contributed by atoms with Gasteiger partial charge in [-0.25, -0.2) is 0 Å². The van der Waals surface area contributed by atoms with Gasteiger partial charge in [0.15, 0.2) is 0 Å². The van der Waals surface area contributed by atoms with Crippen LogP contribution in [-0.2, 0) is 0 Å². The zero-order valence-electron chi connectivity index (χ0n) is 8.97. The predicted octanol–water partition coefficient (Wildman–Crippen LogP) is 3.71. The number of hydrogen-bond acceptors (Lipinski definition) is 2. The van der Waals surface area contributed by atoms with Gasteiger partial charge in [-0.1, -0.05) is 42.1 Å². The zero-order chi connectivity index (χ0) is 11.6. The van der Waals surface area contributed by atoms with Crippen LogP contribution in [-0.4, -0.2) is 17.3 Å². The topological polar surface area (TPSA) is 32.3 Å². The van der Waals surface area contributed by atoms with Gasteiger partial charge in [0.2, 0.25) is 0 Å². The molecule has 0 bridgehead atoms. The molecule has 0 radical (unpaired) electrons. The average Bonchev–Trinajstić information content (AvgIpc) is 2.68. The van der Waals surface area contributed by atoms with Crippen molar-refractivity contribution in [2.45, 2.75) is 31.3 Å². The van der Waals surface area contributed by atoms with Gasteiger partial charge in [0.25, 0.3) is 0 Å². The van der Waals surface area contributed by atoms with Gasteiger partial charge in [-0.3, -0.25) is 0 Å². The molecule has 1 saturated carbocycles. The minimum absolute atomic E-state index is 0.519. The van der Waals surface area contributed by atoms with E-state index in [9.17, 15) is 5.11 Å². The normalized spacial score (nSPS) is 18.7. The molecule has 0 unspecified atom stereocenters. The van der Waals surface area contributed by atoms with E-state index in [-0.39, 0.29) is 0 Å². The van der Waals surface area contributed by atoms with E-state index in [4.69, 9.17) is 23.2 Å². The molecule has 16 heavy (non-hydrogen) atoms. The van der Waals surface area contributed by atoms with Crippen molar-refractivity contribution in [2.75, 3.05) is 11.9 Å². The lowest BCUT2D eigenvalue weighted by molar-refractivity contribution is 0.0615. The van der Waals surface area contributed by atoms with Gasteiger partial charge in [-0.2, -0.15) is 0 Å². The highest BCUT2D eigenvalue weighted by Crippen LogP contribution is 2.33. The van der Waals surface area contributed by atoms with Crippen LogP contribution in [0.2, 0.25) is 10.0 Å². The summed E-state index contributed by atoms with van der Waals surface area (Å²) in [5, 5.41) is 14.4. The number of benzene rings is 1. The van der Waals surface area contributed by atoms with Crippen molar-refractivity contribution in [2.24, 2.45) is 0 Å². The summed E-state index contributed by atoms with van der Waals surface area (Å²) < 4.78 is 0. The van der Waals surface area contributed by atoms with E-state index in [1.54, 1.807) is 6.07 Å². The quantitative estimate of drug-likeness (QED) is 0.868. The number of rotatable bonds is 3. The Morgan fingerprint density at radius 3 is 2.62 bits per heavy atom. The van der Waals surface area contributed by atoms with E-state index < -0.39 is 5.60 Å². The highest BCUT2D eigenvalue weighted by molar-refractivity contribution is 6.43. The highest BCUT2D eigenvalue weighted by Gasteiger charge is 2.30. The maximum absolute atomic E-state index is 10.2. The minimum atomic E-state index is -0.578. The predicted molar refractivity (Wildman–Crippen MR) is 68.4 cm³/mol. The summed E-state index contributed by atoms with van der Waals surface area (Å²) in [6, 6.07) is 5.46. The maximum Gasteiger partial charge on any atom is 0.0823 e. The van der Waals surface area contributed by atoms with Gasteiger partial charge in [0, 0.05) is 6.54 Å². The fraction of sp³-hybridized carbons (Fsp3) is 0.500. The summed E-state index contributed by atoms with van der Waals surface area (Å²) >= 11 is 12.0. The second-order valence-electron chi connectivity index (χ2n) is 4.39. The highest BCUT2D eigenvalue weighted by atomic mass is 35.5. The molecule has 4 heteroatoms. The fourth-order valence-corrected chi connectivity index (χ4v) is 2.48. The summed E-state index contributed by atoms with van der Waals surface area (Å²) in [6.45, 7) is 0.535. The first-order valence-electron chi connectivity index (χ1n) is 5.51. The molecular weight excluding hydrogens is 245 g/mol. The van der Waals surface area contributed by atoms with Crippen LogP contribution in [0.3, 0.4) is 0 Å². The van der Waals surface area contributed by atoms with Crippen molar-refractivity contribution in [3.63, 3.8) is 0 Å². The van der Waals surface area contributed by atoms with E-state index in [2.05, 4.69) is 5.32 Å². The molecule has 0 amide bonds. The number of hydrogen-bond donors (Lipinski definition) is 2. The van der Waals surface area contributed by atoms with Gasteiger partial charge in [-0.05, 0) is 25.0 Å². The Morgan fingerprint density at radius 2 is 1.94 bits per heavy atom. The Balaban J connectivity index is 2.02. The van der Waals surface area contributed by atoms with Crippen LogP contribution < -0.4 is 5.32 Å². The molecule has 1 aromatic rings. The molecule has 88 valence electrons. The van der Waals surface area contributed by atoms with Crippen molar-refractivity contribution in [3.05, 3.63) is 28.2 Å².